The fourth-order valence-electron chi connectivity index (χ4n) is 3.99. The molecule has 0 saturated carbocycles. The van der Waals surface area contributed by atoms with Crippen molar-refractivity contribution in [1.29, 1.82) is 0 Å². The minimum Gasteiger partial charge on any atom is -0.436 e. The molecule has 4 rings (SSSR count). The third kappa shape index (κ3) is 4.05. The first-order valence-electron chi connectivity index (χ1n) is 10.4. The van der Waals surface area contributed by atoms with E-state index in [-0.39, 0.29) is 11.8 Å². The van der Waals surface area contributed by atoms with E-state index < -0.39 is 5.91 Å². The molecule has 1 aromatic carbocycles. The second kappa shape index (κ2) is 8.41. The van der Waals surface area contributed by atoms with Gasteiger partial charge in [0.1, 0.15) is 0 Å². The van der Waals surface area contributed by atoms with Crippen LogP contribution in [0.5, 0.6) is 0 Å². The maximum absolute atomic E-state index is 13.0. The van der Waals surface area contributed by atoms with Gasteiger partial charge in [-0.2, -0.15) is 0 Å². The molecule has 2 amide bonds. The van der Waals surface area contributed by atoms with Gasteiger partial charge in [0, 0.05) is 57.4 Å². The number of hydrogen-bond acceptors (Lipinski definition) is 7. The predicted octanol–water partition coefficient (Wildman–Crippen LogP) is 2.54. The zero-order chi connectivity index (χ0) is 23.0. The number of primary amides is 1. The molecule has 0 aliphatic carbocycles. The van der Waals surface area contributed by atoms with E-state index >= 15 is 0 Å². The predicted molar refractivity (Wildman–Crippen MR) is 120 cm³/mol. The first-order chi connectivity index (χ1) is 15.2. The smallest absolute Gasteiger partial charge is 0.291 e. The Morgan fingerprint density at radius 2 is 1.88 bits per heavy atom. The maximum Gasteiger partial charge on any atom is 0.291 e. The Labute approximate surface area is 186 Å². The van der Waals surface area contributed by atoms with E-state index in [2.05, 4.69) is 9.97 Å². The molecule has 1 aliphatic heterocycles. The SMILES string of the molecule is Cc1nc(C)c(C(=O)N2CC[C@@H](c3nc(N(C)C)ncc3-c3ccc(C(N)=O)cc3)C2)o1. The largest absolute Gasteiger partial charge is 0.436 e. The zero-order valence-corrected chi connectivity index (χ0v) is 18.6. The van der Waals surface area contributed by atoms with Gasteiger partial charge in [0.2, 0.25) is 17.6 Å². The van der Waals surface area contributed by atoms with Crippen LogP contribution in [0.2, 0.25) is 0 Å². The first-order valence-corrected chi connectivity index (χ1v) is 10.4. The molecule has 0 unspecified atom stereocenters. The zero-order valence-electron chi connectivity index (χ0n) is 18.6. The number of aryl methyl sites for hydroxylation is 2. The second-order valence-electron chi connectivity index (χ2n) is 8.19. The van der Waals surface area contributed by atoms with E-state index in [1.54, 1.807) is 37.1 Å². The second-order valence-corrected chi connectivity index (χ2v) is 8.19. The lowest BCUT2D eigenvalue weighted by atomic mass is 9.95. The molecule has 0 bridgehead atoms. The molecule has 3 heterocycles. The van der Waals surface area contributed by atoms with Crippen molar-refractivity contribution in [3.63, 3.8) is 0 Å². The number of carbonyl (C=O) groups is 2. The Balaban J connectivity index is 1.66. The third-order valence-electron chi connectivity index (χ3n) is 5.65. The highest BCUT2D eigenvalue weighted by atomic mass is 16.4. The summed E-state index contributed by atoms with van der Waals surface area (Å²) in [7, 11) is 3.78. The third-order valence-corrected chi connectivity index (χ3v) is 5.65. The van der Waals surface area contributed by atoms with Crippen molar-refractivity contribution < 1.29 is 14.0 Å². The van der Waals surface area contributed by atoms with Gasteiger partial charge in [-0.3, -0.25) is 9.59 Å². The number of rotatable bonds is 5. The summed E-state index contributed by atoms with van der Waals surface area (Å²) in [5, 5.41) is 0. The average Bonchev–Trinajstić information content (AvgIpc) is 3.39. The normalized spacial score (nSPS) is 15.8. The standard InChI is InChI=1S/C23H26N6O3/c1-13-20(32-14(2)26-13)22(31)29-10-9-17(12-29)19-18(11-25-23(27-19)28(3)4)15-5-7-16(8-6-15)21(24)30/h5-8,11,17H,9-10,12H2,1-4H3,(H2,24,30)/t17-/m1/s1. The molecule has 0 radical (unpaired) electrons. The van der Waals surface area contributed by atoms with Crippen molar-refractivity contribution in [2.75, 3.05) is 32.1 Å². The Hall–Kier alpha value is -3.75. The molecular formula is C23H26N6O3. The topological polar surface area (TPSA) is 118 Å². The van der Waals surface area contributed by atoms with Crippen molar-refractivity contribution in [2.45, 2.75) is 26.2 Å². The molecule has 1 saturated heterocycles. The van der Waals surface area contributed by atoms with E-state index in [0.29, 0.717) is 41.9 Å². The van der Waals surface area contributed by atoms with Crippen LogP contribution in [0.1, 0.15) is 50.5 Å². The van der Waals surface area contributed by atoms with Crippen LogP contribution < -0.4 is 10.6 Å². The number of benzene rings is 1. The van der Waals surface area contributed by atoms with Gasteiger partial charge in [-0.05, 0) is 31.0 Å². The molecule has 32 heavy (non-hydrogen) atoms. The Bertz CT molecular complexity index is 1170. The molecule has 0 spiro atoms. The van der Waals surface area contributed by atoms with Gasteiger partial charge in [0.05, 0.1) is 11.4 Å². The summed E-state index contributed by atoms with van der Waals surface area (Å²) in [4.78, 5) is 41.6. The van der Waals surface area contributed by atoms with Crippen molar-refractivity contribution >= 4 is 17.8 Å². The molecule has 1 aliphatic rings. The van der Waals surface area contributed by atoms with E-state index in [0.717, 1.165) is 23.2 Å². The number of carbonyl (C=O) groups excluding carboxylic acids is 2. The van der Waals surface area contributed by atoms with Crippen LogP contribution in [-0.4, -0.2) is 58.9 Å². The number of anilines is 1. The number of nitrogens with zero attached hydrogens (tertiary/aromatic N) is 5. The molecule has 1 atom stereocenters. The van der Waals surface area contributed by atoms with Crippen LogP contribution in [0.15, 0.2) is 34.9 Å². The van der Waals surface area contributed by atoms with Gasteiger partial charge in [-0.1, -0.05) is 12.1 Å². The molecule has 2 N–H and O–H groups in total. The highest BCUT2D eigenvalue weighted by Gasteiger charge is 2.33. The van der Waals surface area contributed by atoms with Crippen molar-refractivity contribution in [3.05, 3.63) is 59.1 Å². The van der Waals surface area contributed by atoms with E-state index in [4.69, 9.17) is 15.1 Å². The van der Waals surface area contributed by atoms with Crippen molar-refractivity contribution in [3.8, 4) is 11.1 Å². The first kappa shape index (κ1) is 21.5. The average molecular weight is 435 g/mol. The number of oxazole rings is 1. The van der Waals surface area contributed by atoms with Gasteiger partial charge < -0.3 is 20.0 Å². The lowest BCUT2D eigenvalue weighted by Crippen LogP contribution is -2.29. The summed E-state index contributed by atoms with van der Waals surface area (Å²) >= 11 is 0. The Morgan fingerprint density at radius 1 is 1.16 bits per heavy atom. The Morgan fingerprint density at radius 3 is 2.47 bits per heavy atom. The van der Waals surface area contributed by atoms with E-state index in [9.17, 15) is 9.59 Å². The van der Waals surface area contributed by atoms with Crippen LogP contribution in [-0.2, 0) is 0 Å². The fourth-order valence-corrected chi connectivity index (χ4v) is 3.99. The maximum atomic E-state index is 13.0. The van der Waals surface area contributed by atoms with E-state index in [1.807, 2.05) is 31.1 Å². The van der Waals surface area contributed by atoms with Gasteiger partial charge in [-0.15, -0.1) is 0 Å². The monoisotopic (exact) mass is 434 g/mol. The Kier molecular flexibility index (Phi) is 5.65. The summed E-state index contributed by atoms with van der Waals surface area (Å²) in [5.41, 5.74) is 9.05. The van der Waals surface area contributed by atoms with Crippen LogP contribution >= 0.6 is 0 Å². The minimum absolute atomic E-state index is 0.0378. The van der Waals surface area contributed by atoms with Gasteiger partial charge in [-0.25, -0.2) is 15.0 Å². The molecule has 1 fully saturated rings. The number of amides is 2. The van der Waals surface area contributed by atoms with Crippen LogP contribution in [0.3, 0.4) is 0 Å². The molecule has 9 heteroatoms. The van der Waals surface area contributed by atoms with E-state index in [1.165, 1.54) is 0 Å². The van der Waals surface area contributed by atoms with Crippen LogP contribution in [0.25, 0.3) is 11.1 Å². The minimum atomic E-state index is -0.473. The lowest BCUT2D eigenvalue weighted by molar-refractivity contribution is 0.0756. The molecule has 166 valence electrons. The molecular weight excluding hydrogens is 408 g/mol. The van der Waals surface area contributed by atoms with Crippen LogP contribution in [0, 0.1) is 13.8 Å². The van der Waals surface area contributed by atoms with Gasteiger partial charge in [0.25, 0.3) is 5.91 Å². The molecule has 2 aromatic heterocycles. The quantitative estimate of drug-likeness (QED) is 0.655. The summed E-state index contributed by atoms with van der Waals surface area (Å²) in [6.07, 6.45) is 2.57. The number of hydrogen-bond donors (Lipinski definition) is 1. The fraction of sp³-hybridized carbons (Fsp3) is 0.348. The number of likely N-dealkylation sites (tertiary alicyclic amines) is 1. The van der Waals surface area contributed by atoms with Crippen LogP contribution in [0.4, 0.5) is 5.95 Å². The summed E-state index contributed by atoms with van der Waals surface area (Å²) in [6.45, 7) is 4.63. The number of aromatic nitrogens is 3. The van der Waals surface area contributed by atoms with Gasteiger partial charge >= 0.3 is 0 Å². The highest BCUT2D eigenvalue weighted by Crippen LogP contribution is 2.35. The van der Waals surface area contributed by atoms with Crippen molar-refractivity contribution in [1.82, 2.24) is 19.9 Å². The molecule has 9 nitrogen and oxygen atoms in total. The summed E-state index contributed by atoms with van der Waals surface area (Å²) < 4.78 is 5.53. The van der Waals surface area contributed by atoms with Crippen molar-refractivity contribution in [2.24, 2.45) is 5.73 Å². The van der Waals surface area contributed by atoms with Gasteiger partial charge in [0.15, 0.2) is 5.89 Å². The molecule has 3 aromatic rings. The highest BCUT2D eigenvalue weighted by molar-refractivity contribution is 5.93. The number of nitrogens with two attached hydrogens (primary N) is 1. The summed E-state index contributed by atoms with van der Waals surface area (Å²) in [6, 6.07) is 7.08. The lowest BCUT2D eigenvalue weighted by Gasteiger charge is -2.19. The summed E-state index contributed by atoms with van der Waals surface area (Å²) in [5.74, 6) is 0.787.